The zero-order valence-corrected chi connectivity index (χ0v) is 18.5. The minimum absolute atomic E-state index is 0.128. The largest absolute Gasteiger partial charge is 0.459 e. The highest BCUT2D eigenvalue weighted by atomic mass is 16.6. The number of hydrogen-bond acceptors (Lipinski definition) is 5. The maximum Gasteiger partial charge on any atom is 0.408 e. The molecular formula is C24H32N2O5. The Hall–Kier alpha value is -3.09. The van der Waals surface area contributed by atoms with E-state index in [-0.39, 0.29) is 19.1 Å². The van der Waals surface area contributed by atoms with E-state index in [9.17, 15) is 14.4 Å². The van der Waals surface area contributed by atoms with E-state index in [0.29, 0.717) is 12.8 Å². The second-order valence-corrected chi connectivity index (χ2v) is 8.46. The van der Waals surface area contributed by atoms with Crippen LogP contribution in [0.15, 0.2) is 55.6 Å². The average molecular weight is 429 g/mol. The van der Waals surface area contributed by atoms with Crippen LogP contribution in [0.25, 0.3) is 0 Å². The molecule has 1 fully saturated rings. The second-order valence-electron chi connectivity index (χ2n) is 8.46. The molecule has 1 unspecified atom stereocenters. The molecule has 0 spiro atoms. The van der Waals surface area contributed by atoms with Crippen molar-refractivity contribution in [3.05, 3.63) is 61.2 Å². The van der Waals surface area contributed by atoms with E-state index in [1.54, 1.807) is 32.9 Å². The molecule has 2 amide bonds. The van der Waals surface area contributed by atoms with Gasteiger partial charge in [-0.1, -0.05) is 42.5 Å². The van der Waals surface area contributed by atoms with Crippen molar-refractivity contribution in [1.82, 2.24) is 10.2 Å². The van der Waals surface area contributed by atoms with Crippen LogP contribution in [0.2, 0.25) is 0 Å². The van der Waals surface area contributed by atoms with Crippen LogP contribution in [0.3, 0.4) is 0 Å². The SMILES string of the molecule is C=CC[C@H](NC(=O)OC(C)(C)C)C(=O)N1C(C=C)CC[C@H]1C(=O)OCc1ccccc1. The molecule has 1 aromatic rings. The van der Waals surface area contributed by atoms with E-state index >= 15 is 0 Å². The molecule has 31 heavy (non-hydrogen) atoms. The zero-order chi connectivity index (χ0) is 23.0. The van der Waals surface area contributed by atoms with Crippen molar-refractivity contribution in [2.45, 2.75) is 70.4 Å². The van der Waals surface area contributed by atoms with E-state index in [1.807, 2.05) is 30.3 Å². The fraction of sp³-hybridized carbons (Fsp3) is 0.458. The predicted octanol–water partition coefficient (Wildman–Crippen LogP) is 3.74. The van der Waals surface area contributed by atoms with Crippen molar-refractivity contribution in [3.8, 4) is 0 Å². The zero-order valence-electron chi connectivity index (χ0n) is 18.5. The molecule has 1 aliphatic rings. The minimum Gasteiger partial charge on any atom is -0.459 e. The fourth-order valence-electron chi connectivity index (χ4n) is 3.46. The Morgan fingerprint density at radius 1 is 1.19 bits per heavy atom. The molecule has 1 aliphatic heterocycles. The number of carbonyl (C=O) groups is 3. The Kier molecular flexibility index (Phi) is 8.42. The highest BCUT2D eigenvalue weighted by Gasteiger charge is 2.43. The van der Waals surface area contributed by atoms with Gasteiger partial charge in [-0.3, -0.25) is 4.79 Å². The second kappa shape index (κ2) is 10.8. The number of nitrogens with one attached hydrogen (secondary N) is 1. The maximum absolute atomic E-state index is 13.3. The molecular weight excluding hydrogens is 396 g/mol. The lowest BCUT2D eigenvalue weighted by molar-refractivity contribution is -0.155. The van der Waals surface area contributed by atoms with Crippen molar-refractivity contribution in [1.29, 1.82) is 0 Å². The van der Waals surface area contributed by atoms with Gasteiger partial charge in [0.1, 0.15) is 24.3 Å². The summed E-state index contributed by atoms with van der Waals surface area (Å²) in [5.41, 5.74) is 0.163. The number of carbonyl (C=O) groups excluding carboxylic acids is 3. The van der Waals surface area contributed by atoms with Crippen LogP contribution in [0.5, 0.6) is 0 Å². The summed E-state index contributed by atoms with van der Waals surface area (Å²) in [4.78, 5) is 39.9. The van der Waals surface area contributed by atoms with Crippen molar-refractivity contribution in [2.24, 2.45) is 0 Å². The highest BCUT2D eigenvalue weighted by molar-refractivity contribution is 5.91. The quantitative estimate of drug-likeness (QED) is 0.504. The van der Waals surface area contributed by atoms with Crippen molar-refractivity contribution >= 4 is 18.0 Å². The van der Waals surface area contributed by atoms with Gasteiger partial charge in [-0.25, -0.2) is 9.59 Å². The Bertz CT molecular complexity index is 800. The molecule has 1 aromatic carbocycles. The number of likely N-dealkylation sites (tertiary alicyclic amines) is 1. The Morgan fingerprint density at radius 2 is 1.87 bits per heavy atom. The summed E-state index contributed by atoms with van der Waals surface area (Å²) in [6, 6.07) is 7.37. The third kappa shape index (κ3) is 6.98. The summed E-state index contributed by atoms with van der Waals surface area (Å²) < 4.78 is 10.7. The molecule has 0 aliphatic carbocycles. The van der Waals surface area contributed by atoms with Crippen molar-refractivity contribution in [2.75, 3.05) is 0 Å². The van der Waals surface area contributed by atoms with Gasteiger partial charge < -0.3 is 19.7 Å². The summed E-state index contributed by atoms with van der Waals surface area (Å²) >= 11 is 0. The minimum atomic E-state index is -0.905. The Morgan fingerprint density at radius 3 is 2.45 bits per heavy atom. The third-order valence-electron chi connectivity index (χ3n) is 4.84. The smallest absolute Gasteiger partial charge is 0.408 e. The van der Waals surface area contributed by atoms with Gasteiger partial charge in [-0.15, -0.1) is 13.2 Å². The lowest BCUT2D eigenvalue weighted by Gasteiger charge is -2.31. The van der Waals surface area contributed by atoms with Crippen LogP contribution in [-0.2, 0) is 25.7 Å². The Labute approximate surface area is 184 Å². The molecule has 168 valence electrons. The van der Waals surface area contributed by atoms with Crippen LogP contribution in [0, 0.1) is 0 Å². The molecule has 0 bridgehead atoms. The van der Waals surface area contributed by atoms with Crippen LogP contribution < -0.4 is 5.32 Å². The number of hydrogen-bond donors (Lipinski definition) is 1. The van der Waals surface area contributed by atoms with Gasteiger partial charge in [0.05, 0.1) is 6.04 Å². The molecule has 1 saturated heterocycles. The highest BCUT2D eigenvalue weighted by Crippen LogP contribution is 2.27. The van der Waals surface area contributed by atoms with Gasteiger partial charge in [0, 0.05) is 0 Å². The molecule has 1 N–H and O–H groups in total. The lowest BCUT2D eigenvalue weighted by Crippen LogP contribution is -2.54. The molecule has 3 atom stereocenters. The molecule has 2 rings (SSSR count). The molecule has 0 radical (unpaired) electrons. The van der Waals surface area contributed by atoms with E-state index in [1.165, 1.54) is 4.90 Å². The fourth-order valence-corrected chi connectivity index (χ4v) is 3.46. The molecule has 0 saturated carbocycles. The molecule has 0 aromatic heterocycles. The van der Waals surface area contributed by atoms with Crippen LogP contribution in [-0.4, -0.2) is 46.6 Å². The van der Waals surface area contributed by atoms with Gasteiger partial charge in [0.2, 0.25) is 5.91 Å². The van der Waals surface area contributed by atoms with E-state index in [2.05, 4.69) is 18.5 Å². The van der Waals surface area contributed by atoms with Gasteiger partial charge >= 0.3 is 12.1 Å². The molecule has 7 heteroatoms. The first-order valence-electron chi connectivity index (χ1n) is 10.4. The Balaban J connectivity index is 2.13. The number of nitrogens with zero attached hydrogens (tertiary/aromatic N) is 1. The summed E-state index contributed by atoms with van der Waals surface area (Å²) in [5.74, 6) is -0.869. The third-order valence-corrected chi connectivity index (χ3v) is 4.84. The first-order chi connectivity index (χ1) is 14.7. The van der Waals surface area contributed by atoms with Crippen molar-refractivity contribution in [3.63, 3.8) is 0 Å². The summed E-state index contributed by atoms with van der Waals surface area (Å²) in [7, 11) is 0. The molecule has 7 nitrogen and oxygen atoms in total. The topological polar surface area (TPSA) is 84.9 Å². The summed E-state index contributed by atoms with van der Waals surface area (Å²) in [5, 5.41) is 2.60. The van der Waals surface area contributed by atoms with Gasteiger partial charge in [0.25, 0.3) is 0 Å². The van der Waals surface area contributed by atoms with E-state index in [0.717, 1.165) is 5.56 Å². The molecule has 1 heterocycles. The number of amides is 2. The number of alkyl carbamates (subject to hydrolysis) is 1. The monoisotopic (exact) mass is 428 g/mol. The van der Waals surface area contributed by atoms with Crippen molar-refractivity contribution < 1.29 is 23.9 Å². The predicted molar refractivity (Wildman–Crippen MR) is 118 cm³/mol. The lowest BCUT2D eigenvalue weighted by atomic mass is 10.1. The number of rotatable bonds is 8. The first kappa shape index (κ1) is 24.2. The van der Waals surface area contributed by atoms with E-state index < -0.39 is 35.7 Å². The van der Waals surface area contributed by atoms with E-state index in [4.69, 9.17) is 9.47 Å². The summed E-state index contributed by atoms with van der Waals surface area (Å²) in [6.45, 7) is 12.8. The number of benzene rings is 1. The van der Waals surface area contributed by atoms with Crippen LogP contribution in [0.4, 0.5) is 4.79 Å². The first-order valence-corrected chi connectivity index (χ1v) is 10.4. The van der Waals surface area contributed by atoms with Gasteiger partial charge in [-0.2, -0.15) is 0 Å². The van der Waals surface area contributed by atoms with Crippen LogP contribution >= 0.6 is 0 Å². The summed E-state index contributed by atoms with van der Waals surface area (Å²) in [6.07, 6.45) is 3.73. The van der Waals surface area contributed by atoms with Gasteiger partial charge in [-0.05, 0) is 45.6 Å². The number of ether oxygens (including phenoxy) is 2. The standard InChI is InChI=1S/C24H32N2O5/c1-6-11-19(25-23(29)31-24(3,4)5)21(27)26-18(7-2)14-15-20(26)22(28)30-16-17-12-9-8-10-13-17/h6-10,12-13,18-20H,1-2,11,14-16H2,3-5H3,(H,25,29)/t18?,19-,20-/m0/s1. The normalized spacial score (nSPS) is 19.3. The average Bonchev–Trinajstić information content (AvgIpc) is 3.14. The van der Waals surface area contributed by atoms with Gasteiger partial charge in [0.15, 0.2) is 0 Å². The maximum atomic E-state index is 13.3. The number of esters is 1. The van der Waals surface area contributed by atoms with Crippen LogP contribution in [0.1, 0.15) is 45.6 Å².